The maximum atomic E-state index is 8.31. The Balaban J connectivity index is 1.31. The molecule has 0 unspecified atom stereocenters. The molecule has 0 radical (unpaired) electrons. The Hall–Kier alpha value is -5.32. The minimum atomic E-state index is 0.253. The zero-order valence-corrected chi connectivity index (χ0v) is 23.5. The molecule has 0 atom stereocenters. The van der Waals surface area contributed by atoms with E-state index in [9.17, 15) is 0 Å². The maximum absolute atomic E-state index is 8.31. The fourth-order valence-electron chi connectivity index (χ4n) is 5.89. The van der Waals surface area contributed by atoms with Crippen LogP contribution in [0.2, 0.25) is 0 Å². The lowest BCUT2D eigenvalue weighted by Crippen LogP contribution is -1.97. The monoisotopic (exact) mass is 555 g/mol. The van der Waals surface area contributed by atoms with E-state index < -0.39 is 0 Å². The van der Waals surface area contributed by atoms with Gasteiger partial charge < -0.3 is 4.57 Å². The zero-order chi connectivity index (χ0) is 28.0. The molecule has 3 nitrogen and oxygen atoms in total. The molecule has 2 aromatic heterocycles. The first-order chi connectivity index (χ1) is 20.7. The van der Waals surface area contributed by atoms with Gasteiger partial charge in [-0.1, -0.05) is 109 Å². The second-order valence-corrected chi connectivity index (χ2v) is 11.5. The molecule has 0 aliphatic heterocycles. The second-order valence-electron chi connectivity index (χ2n) is 10.4. The number of benzene rings is 6. The van der Waals surface area contributed by atoms with Gasteiger partial charge in [0.1, 0.15) is 0 Å². The van der Waals surface area contributed by atoms with Crippen molar-refractivity contribution in [3.05, 3.63) is 151 Å². The van der Waals surface area contributed by atoms with Gasteiger partial charge in [0.25, 0.3) is 0 Å². The van der Waals surface area contributed by atoms with Crippen molar-refractivity contribution >= 4 is 65.4 Å². The van der Waals surface area contributed by atoms with E-state index >= 15 is 0 Å². The summed E-state index contributed by atoms with van der Waals surface area (Å²) >= 11 is 1.87. The number of nitrogens with zero attached hydrogens (tertiary/aromatic N) is 2. The third-order valence-corrected chi connectivity index (χ3v) is 9.13. The summed E-state index contributed by atoms with van der Waals surface area (Å²) in [7, 11) is 0. The molecule has 0 saturated heterocycles. The number of nitrogens with one attached hydrogen (secondary N) is 1. The van der Waals surface area contributed by atoms with Crippen LogP contribution in [0.5, 0.6) is 0 Å². The Bertz CT molecular complexity index is 2290. The molecule has 0 fully saturated rings. The van der Waals surface area contributed by atoms with Gasteiger partial charge in [-0.2, -0.15) is 0 Å². The predicted octanol–water partition coefficient (Wildman–Crippen LogP) is 10.3. The van der Waals surface area contributed by atoms with Gasteiger partial charge in [0.15, 0.2) is 5.84 Å². The summed E-state index contributed by atoms with van der Waals surface area (Å²) in [5.41, 5.74) is 7.63. The molecule has 8 aromatic rings. The highest BCUT2D eigenvalue weighted by atomic mass is 32.1. The molecular formula is C38H25N3S. The van der Waals surface area contributed by atoms with Gasteiger partial charge in [-0.05, 0) is 47.0 Å². The highest BCUT2D eigenvalue weighted by Crippen LogP contribution is 2.43. The topological polar surface area (TPSA) is 41.1 Å². The Morgan fingerprint density at radius 1 is 0.619 bits per heavy atom. The second kappa shape index (κ2) is 9.95. The summed E-state index contributed by atoms with van der Waals surface area (Å²) < 4.78 is 5.02. The van der Waals surface area contributed by atoms with Gasteiger partial charge in [-0.25, -0.2) is 4.99 Å². The molecule has 2 heterocycles. The van der Waals surface area contributed by atoms with Crippen LogP contribution in [-0.4, -0.2) is 16.6 Å². The predicted molar refractivity (Wildman–Crippen MR) is 180 cm³/mol. The number of aromatic nitrogens is 1. The van der Waals surface area contributed by atoms with Crippen LogP contribution < -0.4 is 0 Å². The molecule has 42 heavy (non-hydrogen) atoms. The highest BCUT2D eigenvalue weighted by molar-refractivity contribution is 7.26. The zero-order valence-electron chi connectivity index (χ0n) is 22.7. The summed E-state index contributed by atoms with van der Waals surface area (Å²) in [6.07, 6.45) is 1.76. The Kier molecular flexibility index (Phi) is 5.80. The first-order valence-corrected chi connectivity index (χ1v) is 14.8. The van der Waals surface area contributed by atoms with Crippen LogP contribution in [0.3, 0.4) is 0 Å². The number of hydrogen-bond donors (Lipinski definition) is 1. The molecule has 0 aliphatic carbocycles. The molecule has 4 heteroatoms. The van der Waals surface area contributed by atoms with Crippen LogP contribution >= 0.6 is 11.3 Å². The van der Waals surface area contributed by atoms with E-state index in [1.54, 1.807) is 6.21 Å². The SMILES string of the molecule is N=C(/N=C/c1ccc(-n2c3cc(-c4ccccc4)ccc3c3c4sc5ccccc5c4ccc32)cc1)c1ccccc1. The Labute approximate surface area is 247 Å². The normalized spacial score (nSPS) is 11.8. The van der Waals surface area contributed by atoms with Crippen LogP contribution in [0.4, 0.5) is 0 Å². The first-order valence-electron chi connectivity index (χ1n) is 14.0. The third-order valence-electron chi connectivity index (χ3n) is 7.92. The number of fused-ring (bicyclic) bond motifs is 7. The summed E-state index contributed by atoms with van der Waals surface area (Å²) in [4.78, 5) is 4.41. The van der Waals surface area contributed by atoms with Crippen LogP contribution in [0.1, 0.15) is 11.1 Å². The van der Waals surface area contributed by atoms with E-state index in [-0.39, 0.29) is 5.84 Å². The lowest BCUT2D eigenvalue weighted by molar-refractivity contribution is 1.18. The van der Waals surface area contributed by atoms with Crippen molar-refractivity contribution in [1.29, 1.82) is 5.41 Å². The van der Waals surface area contributed by atoms with Crippen molar-refractivity contribution < 1.29 is 0 Å². The van der Waals surface area contributed by atoms with Gasteiger partial charge >= 0.3 is 0 Å². The minimum absolute atomic E-state index is 0.253. The number of rotatable bonds is 4. The van der Waals surface area contributed by atoms with Gasteiger partial charge in [0, 0.05) is 48.4 Å². The molecular weight excluding hydrogens is 531 g/mol. The highest BCUT2D eigenvalue weighted by Gasteiger charge is 2.18. The van der Waals surface area contributed by atoms with Gasteiger partial charge in [0.05, 0.1) is 11.0 Å². The number of thiophene rings is 1. The third kappa shape index (κ3) is 4.04. The summed E-state index contributed by atoms with van der Waals surface area (Å²) in [6.45, 7) is 0. The molecule has 0 spiro atoms. The molecule has 0 saturated carbocycles. The van der Waals surface area contributed by atoms with Crippen LogP contribution in [0.15, 0.2) is 145 Å². The van der Waals surface area contributed by atoms with Crippen LogP contribution in [0, 0.1) is 5.41 Å². The number of hydrogen-bond acceptors (Lipinski definition) is 2. The lowest BCUT2D eigenvalue weighted by Gasteiger charge is -2.09. The Morgan fingerprint density at radius 3 is 2.14 bits per heavy atom. The van der Waals surface area contributed by atoms with E-state index in [4.69, 9.17) is 5.41 Å². The largest absolute Gasteiger partial charge is 0.309 e. The molecule has 0 aliphatic rings. The first kappa shape index (κ1) is 24.5. The van der Waals surface area contributed by atoms with Crippen molar-refractivity contribution in [2.75, 3.05) is 0 Å². The lowest BCUT2D eigenvalue weighted by atomic mass is 10.0. The van der Waals surface area contributed by atoms with E-state index in [2.05, 4.69) is 119 Å². The molecule has 198 valence electrons. The minimum Gasteiger partial charge on any atom is -0.309 e. The van der Waals surface area contributed by atoms with E-state index in [0.717, 1.165) is 16.8 Å². The molecule has 0 amide bonds. The molecule has 0 bridgehead atoms. The number of aliphatic imine (C=N–C) groups is 1. The van der Waals surface area contributed by atoms with Crippen molar-refractivity contribution in [3.8, 4) is 16.8 Å². The van der Waals surface area contributed by atoms with Crippen molar-refractivity contribution in [2.24, 2.45) is 4.99 Å². The van der Waals surface area contributed by atoms with E-state index in [1.807, 2.05) is 41.7 Å². The molecule has 8 rings (SSSR count). The quantitative estimate of drug-likeness (QED) is 0.166. The fourth-order valence-corrected chi connectivity index (χ4v) is 7.15. The molecule has 1 N–H and O–H groups in total. The maximum Gasteiger partial charge on any atom is 0.151 e. The number of amidine groups is 1. The van der Waals surface area contributed by atoms with Crippen molar-refractivity contribution in [2.45, 2.75) is 0 Å². The van der Waals surface area contributed by atoms with Crippen molar-refractivity contribution in [1.82, 2.24) is 4.57 Å². The van der Waals surface area contributed by atoms with Crippen LogP contribution in [-0.2, 0) is 0 Å². The summed E-state index contributed by atoms with van der Waals surface area (Å²) in [6, 6.07) is 48.7. The fraction of sp³-hybridized carbons (Fsp3) is 0. The summed E-state index contributed by atoms with van der Waals surface area (Å²) in [5, 5.41) is 13.5. The smallest absolute Gasteiger partial charge is 0.151 e. The average Bonchev–Trinajstić information content (AvgIpc) is 3.60. The van der Waals surface area contributed by atoms with Crippen LogP contribution in [0.25, 0.3) is 58.8 Å². The van der Waals surface area contributed by atoms with Crippen molar-refractivity contribution in [3.63, 3.8) is 0 Å². The average molecular weight is 556 g/mol. The van der Waals surface area contributed by atoms with E-state index in [0.29, 0.717) is 0 Å². The molecule has 6 aromatic carbocycles. The van der Waals surface area contributed by atoms with Gasteiger partial charge in [-0.15, -0.1) is 11.3 Å². The van der Waals surface area contributed by atoms with Gasteiger partial charge in [-0.3, -0.25) is 5.41 Å². The standard InChI is InChI=1S/C38H25N3S/c39-38(27-11-5-2-6-12-27)40-24-25-15-18-29(19-16-25)41-33-22-21-31-30-13-7-8-14-35(30)42-37(31)36(33)32-20-17-28(23-34(32)41)26-9-3-1-4-10-26/h1-24,39H/b39-38?,40-24+. The van der Waals surface area contributed by atoms with E-state index in [1.165, 1.54) is 53.1 Å². The van der Waals surface area contributed by atoms with Gasteiger partial charge in [0.2, 0.25) is 0 Å². The Morgan fingerprint density at radius 2 is 1.33 bits per heavy atom. The summed E-state index contributed by atoms with van der Waals surface area (Å²) in [5.74, 6) is 0.253.